The average Bonchev–Trinajstić information content (AvgIpc) is 2.35. The maximum absolute atomic E-state index is 11.6. The molecule has 1 N–H and O–H groups in total. The van der Waals surface area contributed by atoms with Gasteiger partial charge in [0.1, 0.15) is 12.1 Å². The Bertz CT molecular complexity index is 424. The molecule has 0 bridgehead atoms. The molecule has 0 aliphatic carbocycles. The van der Waals surface area contributed by atoms with Gasteiger partial charge < -0.3 is 14.8 Å². The molecular weight excluding hydrogens is 270 g/mol. The first-order valence-electron chi connectivity index (χ1n) is 7.06. The number of hydrogen-bond acceptors (Lipinski definition) is 4. The molecule has 0 radical (unpaired) electrons. The molecule has 0 aliphatic rings. The molecule has 0 saturated heterocycles. The molecule has 0 spiro atoms. The molecule has 0 aromatic rings. The summed E-state index contributed by atoms with van der Waals surface area (Å²) in [5.74, 6) is 5.22. The summed E-state index contributed by atoms with van der Waals surface area (Å²) in [7, 11) is 0. The average molecular weight is 295 g/mol. The third-order valence-corrected chi connectivity index (χ3v) is 2.02. The number of carbonyl (C=O) groups excluding carboxylic acids is 2. The summed E-state index contributed by atoms with van der Waals surface area (Å²) in [5.41, 5.74) is -0.604. The number of rotatable bonds is 5. The fourth-order valence-corrected chi connectivity index (χ4v) is 1.23. The van der Waals surface area contributed by atoms with Crippen LogP contribution in [0.2, 0.25) is 0 Å². The molecule has 5 nitrogen and oxygen atoms in total. The Hall–Kier alpha value is -1.96. The first-order valence-corrected chi connectivity index (χ1v) is 7.06. The largest absolute Gasteiger partial charge is 0.444 e. The highest BCUT2D eigenvalue weighted by Gasteiger charge is 2.17. The van der Waals surface area contributed by atoms with Gasteiger partial charge in [0, 0.05) is 6.42 Å². The van der Waals surface area contributed by atoms with Gasteiger partial charge in [0.25, 0.3) is 0 Å². The minimum atomic E-state index is -0.654. The first kappa shape index (κ1) is 19.0. The second-order valence-corrected chi connectivity index (χ2v) is 5.36. The van der Waals surface area contributed by atoms with E-state index in [2.05, 4.69) is 17.2 Å². The quantitative estimate of drug-likeness (QED) is 0.481. The Morgan fingerprint density at radius 2 is 2.00 bits per heavy atom. The molecule has 1 amide bonds. The van der Waals surface area contributed by atoms with Crippen LogP contribution in [0.3, 0.4) is 0 Å². The van der Waals surface area contributed by atoms with Gasteiger partial charge in [-0.3, -0.25) is 4.79 Å². The van der Waals surface area contributed by atoms with E-state index < -0.39 is 23.8 Å². The van der Waals surface area contributed by atoms with E-state index in [-0.39, 0.29) is 6.54 Å². The standard InChI is InChI=1S/C16H25NO4/c1-6-8-9-11-13(10-7-2)20-14(18)12-17-15(19)21-16(3,4)5/h7,10,13H,6,8,12H2,1-5H3,(H,17,19)/b10-7+. The molecular formula is C16H25NO4. The zero-order valence-electron chi connectivity index (χ0n) is 13.5. The Kier molecular flexibility index (Phi) is 8.95. The van der Waals surface area contributed by atoms with Crippen molar-refractivity contribution in [1.82, 2.24) is 5.32 Å². The number of unbranched alkanes of at least 4 members (excludes halogenated alkanes) is 1. The number of carbonyl (C=O) groups is 2. The molecule has 118 valence electrons. The number of allylic oxidation sites excluding steroid dienone is 1. The van der Waals surface area contributed by atoms with Gasteiger partial charge in [-0.1, -0.05) is 24.8 Å². The summed E-state index contributed by atoms with van der Waals surface area (Å²) in [5, 5.41) is 2.35. The van der Waals surface area contributed by atoms with Gasteiger partial charge in [0.2, 0.25) is 0 Å². The summed E-state index contributed by atoms with van der Waals surface area (Å²) < 4.78 is 10.2. The van der Waals surface area contributed by atoms with Gasteiger partial charge in [-0.25, -0.2) is 4.79 Å². The van der Waals surface area contributed by atoms with Crippen LogP contribution in [0.5, 0.6) is 0 Å². The van der Waals surface area contributed by atoms with Gasteiger partial charge in [0.05, 0.1) is 0 Å². The molecule has 0 saturated carbocycles. The third kappa shape index (κ3) is 11.6. The van der Waals surface area contributed by atoms with Crippen molar-refractivity contribution in [2.24, 2.45) is 0 Å². The van der Waals surface area contributed by atoms with Crippen LogP contribution >= 0.6 is 0 Å². The van der Waals surface area contributed by atoms with Crippen molar-refractivity contribution in [3.05, 3.63) is 12.2 Å². The Labute approximate surface area is 127 Å². The highest BCUT2D eigenvalue weighted by atomic mass is 16.6. The minimum Gasteiger partial charge on any atom is -0.444 e. The van der Waals surface area contributed by atoms with E-state index in [0.717, 1.165) is 12.8 Å². The number of ether oxygens (including phenoxy) is 2. The number of hydrogen-bond donors (Lipinski definition) is 1. The van der Waals surface area contributed by atoms with Crippen molar-refractivity contribution < 1.29 is 19.1 Å². The van der Waals surface area contributed by atoms with Gasteiger partial charge in [-0.05, 0) is 40.2 Å². The predicted molar refractivity (Wildman–Crippen MR) is 81.6 cm³/mol. The van der Waals surface area contributed by atoms with Crippen LogP contribution in [0.1, 0.15) is 47.5 Å². The molecule has 0 aromatic carbocycles. The van der Waals surface area contributed by atoms with Crippen molar-refractivity contribution in [3.63, 3.8) is 0 Å². The lowest BCUT2D eigenvalue weighted by atomic mass is 10.2. The maximum Gasteiger partial charge on any atom is 0.408 e. The van der Waals surface area contributed by atoms with Crippen molar-refractivity contribution in [2.75, 3.05) is 6.54 Å². The molecule has 1 atom stereocenters. The predicted octanol–water partition coefficient (Wildman–Crippen LogP) is 2.80. The monoisotopic (exact) mass is 295 g/mol. The molecule has 0 aliphatic heterocycles. The van der Waals surface area contributed by atoms with E-state index in [0.29, 0.717) is 0 Å². The fourth-order valence-electron chi connectivity index (χ4n) is 1.23. The van der Waals surface area contributed by atoms with E-state index >= 15 is 0 Å². The van der Waals surface area contributed by atoms with E-state index in [4.69, 9.17) is 9.47 Å². The lowest BCUT2D eigenvalue weighted by molar-refractivity contribution is -0.143. The van der Waals surface area contributed by atoms with Crippen LogP contribution in [0.4, 0.5) is 4.79 Å². The van der Waals surface area contributed by atoms with Gasteiger partial charge in [-0.15, -0.1) is 0 Å². The minimum absolute atomic E-state index is 0.252. The van der Waals surface area contributed by atoms with Crippen LogP contribution in [0.25, 0.3) is 0 Å². The third-order valence-electron chi connectivity index (χ3n) is 2.02. The van der Waals surface area contributed by atoms with Crippen molar-refractivity contribution in [3.8, 4) is 11.8 Å². The molecule has 21 heavy (non-hydrogen) atoms. The Morgan fingerprint density at radius 1 is 1.33 bits per heavy atom. The van der Waals surface area contributed by atoms with E-state index in [9.17, 15) is 9.59 Å². The number of nitrogens with one attached hydrogen (secondary N) is 1. The summed E-state index contributed by atoms with van der Waals surface area (Å²) in [6.07, 6.45) is 3.91. The molecule has 1 unspecified atom stereocenters. The number of amides is 1. The second kappa shape index (κ2) is 9.87. The number of alkyl carbamates (subject to hydrolysis) is 1. The fraction of sp³-hybridized carbons (Fsp3) is 0.625. The highest BCUT2D eigenvalue weighted by Crippen LogP contribution is 2.06. The molecule has 0 heterocycles. The Morgan fingerprint density at radius 3 is 2.52 bits per heavy atom. The Balaban J connectivity index is 4.27. The zero-order valence-corrected chi connectivity index (χ0v) is 13.5. The summed E-state index contributed by atoms with van der Waals surface area (Å²) in [6.45, 7) is 8.83. The summed E-state index contributed by atoms with van der Waals surface area (Å²) in [4.78, 5) is 23.0. The van der Waals surface area contributed by atoms with Crippen LogP contribution in [-0.4, -0.2) is 30.3 Å². The van der Waals surface area contributed by atoms with Crippen molar-refractivity contribution >= 4 is 12.1 Å². The van der Waals surface area contributed by atoms with Gasteiger partial charge in [0.15, 0.2) is 6.10 Å². The first-order chi connectivity index (χ1) is 9.78. The van der Waals surface area contributed by atoms with Crippen LogP contribution in [0.15, 0.2) is 12.2 Å². The van der Waals surface area contributed by atoms with Gasteiger partial charge in [-0.2, -0.15) is 0 Å². The molecule has 5 heteroatoms. The van der Waals surface area contributed by atoms with E-state index in [1.165, 1.54) is 0 Å². The van der Waals surface area contributed by atoms with E-state index in [1.807, 2.05) is 13.8 Å². The van der Waals surface area contributed by atoms with Crippen LogP contribution < -0.4 is 5.32 Å². The smallest absolute Gasteiger partial charge is 0.408 e. The summed E-state index contributed by atoms with van der Waals surface area (Å²) in [6, 6.07) is 0. The zero-order chi connectivity index (χ0) is 16.3. The van der Waals surface area contributed by atoms with E-state index in [1.54, 1.807) is 32.9 Å². The normalized spacial score (nSPS) is 12.2. The topological polar surface area (TPSA) is 64.6 Å². The molecule has 0 rings (SSSR count). The SMILES string of the molecule is C/C=C/C(C#CCCC)OC(=O)CNC(=O)OC(C)(C)C. The number of esters is 1. The van der Waals surface area contributed by atoms with Crippen molar-refractivity contribution in [2.45, 2.75) is 59.2 Å². The lowest BCUT2D eigenvalue weighted by Gasteiger charge is -2.19. The second-order valence-electron chi connectivity index (χ2n) is 5.36. The van der Waals surface area contributed by atoms with Crippen LogP contribution in [-0.2, 0) is 14.3 Å². The van der Waals surface area contributed by atoms with Crippen LogP contribution in [0, 0.1) is 11.8 Å². The van der Waals surface area contributed by atoms with Crippen molar-refractivity contribution in [1.29, 1.82) is 0 Å². The lowest BCUT2D eigenvalue weighted by Crippen LogP contribution is -2.36. The maximum atomic E-state index is 11.6. The molecule has 0 fully saturated rings. The highest BCUT2D eigenvalue weighted by molar-refractivity contribution is 5.78. The molecule has 0 aromatic heterocycles. The summed E-state index contributed by atoms with van der Waals surface area (Å²) >= 11 is 0. The van der Waals surface area contributed by atoms with Gasteiger partial charge >= 0.3 is 12.1 Å².